The predicted octanol–water partition coefficient (Wildman–Crippen LogP) is 4.66. The van der Waals surface area contributed by atoms with E-state index in [0.29, 0.717) is 40.4 Å². The van der Waals surface area contributed by atoms with Crippen LogP contribution in [0.2, 0.25) is 10.0 Å². The fourth-order valence-electron chi connectivity index (χ4n) is 1.77. The van der Waals surface area contributed by atoms with Crippen LogP contribution in [0.15, 0.2) is 42.5 Å². The topological polar surface area (TPSA) is 59.6 Å². The van der Waals surface area contributed by atoms with Crippen molar-refractivity contribution in [2.24, 2.45) is 0 Å². The molecule has 0 unspecified atom stereocenters. The van der Waals surface area contributed by atoms with Gasteiger partial charge in [0.15, 0.2) is 0 Å². The minimum atomic E-state index is -0.391. The molecule has 0 aromatic heterocycles. The van der Waals surface area contributed by atoms with Crippen molar-refractivity contribution < 1.29 is 14.3 Å². The second-order valence-electron chi connectivity index (χ2n) is 4.58. The first-order valence-electron chi connectivity index (χ1n) is 6.83. The number of anilines is 2. The summed E-state index contributed by atoms with van der Waals surface area (Å²) in [6, 6.07) is 11.5. The van der Waals surface area contributed by atoms with Gasteiger partial charge in [-0.3, -0.25) is 0 Å². The van der Waals surface area contributed by atoms with Crippen LogP contribution in [0, 0.1) is 0 Å². The van der Waals surface area contributed by atoms with Gasteiger partial charge in [-0.2, -0.15) is 0 Å². The van der Waals surface area contributed by atoms with Gasteiger partial charge in [0, 0.05) is 24.6 Å². The highest BCUT2D eigenvalue weighted by atomic mass is 35.5. The number of hydrogen-bond acceptors (Lipinski definition) is 3. The molecule has 0 saturated heterocycles. The van der Waals surface area contributed by atoms with Crippen LogP contribution in [0.4, 0.5) is 16.2 Å². The van der Waals surface area contributed by atoms with Crippen molar-refractivity contribution in [2.45, 2.75) is 0 Å². The number of hydrogen-bond donors (Lipinski definition) is 2. The van der Waals surface area contributed by atoms with Crippen LogP contribution in [0.1, 0.15) is 0 Å². The Balaban J connectivity index is 1.94. The Morgan fingerprint density at radius 1 is 1.00 bits per heavy atom. The van der Waals surface area contributed by atoms with E-state index in [1.807, 2.05) is 0 Å². The van der Waals surface area contributed by atoms with Gasteiger partial charge < -0.3 is 20.1 Å². The summed E-state index contributed by atoms with van der Waals surface area (Å²) >= 11 is 11.7. The fraction of sp³-hybridized carbons (Fsp3) is 0.188. The van der Waals surface area contributed by atoms with E-state index in [9.17, 15) is 4.79 Å². The molecule has 2 amide bonds. The quantitative estimate of drug-likeness (QED) is 0.741. The molecule has 2 N–H and O–H groups in total. The molecule has 0 aliphatic rings. The number of amides is 2. The lowest BCUT2D eigenvalue weighted by Crippen LogP contribution is -2.19. The van der Waals surface area contributed by atoms with Crippen LogP contribution in [-0.2, 0) is 4.74 Å². The molecule has 5 nitrogen and oxygen atoms in total. The molecular weight excluding hydrogens is 339 g/mol. The minimum Gasteiger partial charge on any atom is -0.491 e. The summed E-state index contributed by atoms with van der Waals surface area (Å²) in [4.78, 5) is 12.0. The average Bonchev–Trinajstić information content (AvgIpc) is 2.51. The van der Waals surface area contributed by atoms with Gasteiger partial charge in [0.05, 0.1) is 16.7 Å². The highest BCUT2D eigenvalue weighted by molar-refractivity contribution is 6.42. The lowest BCUT2D eigenvalue weighted by Gasteiger charge is -2.10. The summed E-state index contributed by atoms with van der Waals surface area (Å²) in [5, 5.41) is 6.20. The number of halogens is 2. The second-order valence-corrected chi connectivity index (χ2v) is 5.39. The smallest absolute Gasteiger partial charge is 0.323 e. The Kier molecular flexibility index (Phi) is 6.52. The molecule has 0 aliphatic carbocycles. The van der Waals surface area contributed by atoms with E-state index in [-0.39, 0.29) is 0 Å². The van der Waals surface area contributed by atoms with Crippen LogP contribution in [0.3, 0.4) is 0 Å². The van der Waals surface area contributed by atoms with Crippen molar-refractivity contribution in [2.75, 3.05) is 31.0 Å². The zero-order chi connectivity index (χ0) is 16.7. The summed E-state index contributed by atoms with van der Waals surface area (Å²) in [6.45, 7) is 0.935. The number of carbonyl (C=O) groups is 1. The molecule has 2 aromatic carbocycles. The van der Waals surface area contributed by atoms with Crippen LogP contribution < -0.4 is 15.4 Å². The van der Waals surface area contributed by atoms with Gasteiger partial charge in [0.2, 0.25) is 0 Å². The number of carbonyl (C=O) groups excluding carboxylic acids is 1. The molecule has 23 heavy (non-hydrogen) atoms. The van der Waals surface area contributed by atoms with E-state index in [1.165, 1.54) is 0 Å². The van der Waals surface area contributed by atoms with E-state index < -0.39 is 6.03 Å². The molecule has 122 valence electrons. The van der Waals surface area contributed by atoms with E-state index in [4.69, 9.17) is 32.7 Å². The van der Waals surface area contributed by atoms with Crippen molar-refractivity contribution in [3.63, 3.8) is 0 Å². The summed E-state index contributed by atoms with van der Waals surface area (Å²) in [5.74, 6) is 0.648. The van der Waals surface area contributed by atoms with Crippen molar-refractivity contribution in [3.8, 4) is 5.75 Å². The van der Waals surface area contributed by atoms with E-state index in [0.717, 1.165) is 0 Å². The van der Waals surface area contributed by atoms with Crippen LogP contribution in [-0.4, -0.2) is 26.4 Å². The monoisotopic (exact) mass is 354 g/mol. The molecule has 0 atom stereocenters. The normalized spacial score (nSPS) is 10.2. The summed E-state index contributed by atoms with van der Waals surface area (Å²) in [7, 11) is 1.61. The van der Waals surface area contributed by atoms with Gasteiger partial charge in [0.1, 0.15) is 12.4 Å². The Hall–Kier alpha value is -1.95. The van der Waals surface area contributed by atoms with E-state index in [1.54, 1.807) is 49.6 Å². The number of ether oxygens (including phenoxy) is 2. The number of methoxy groups -OCH3 is 1. The molecule has 0 radical (unpaired) electrons. The molecular formula is C16H16Cl2N2O3. The van der Waals surface area contributed by atoms with E-state index >= 15 is 0 Å². The maximum Gasteiger partial charge on any atom is 0.323 e. The SMILES string of the molecule is COCCOc1cccc(NC(=O)Nc2ccc(Cl)c(Cl)c2)c1. The molecule has 0 aliphatic heterocycles. The Bertz CT molecular complexity index is 680. The zero-order valence-electron chi connectivity index (χ0n) is 12.4. The van der Waals surface area contributed by atoms with E-state index in [2.05, 4.69) is 10.6 Å². The third kappa shape index (κ3) is 5.63. The number of benzene rings is 2. The number of urea groups is 1. The van der Waals surface area contributed by atoms with Crippen LogP contribution >= 0.6 is 23.2 Å². The first-order valence-corrected chi connectivity index (χ1v) is 7.59. The molecule has 0 saturated carbocycles. The Morgan fingerprint density at radius 2 is 1.74 bits per heavy atom. The van der Waals surface area contributed by atoms with Gasteiger partial charge in [-0.05, 0) is 30.3 Å². The molecule has 0 heterocycles. The third-order valence-corrected chi connectivity index (χ3v) is 3.56. The average molecular weight is 355 g/mol. The molecule has 0 fully saturated rings. The zero-order valence-corrected chi connectivity index (χ0v) is 13.9. The van der Waals surface area contributed by atoms with Crippen LogP contribution in [0.5, 0.6) is 5.75 Å². The maximum atomic E-state index is 12.0. The fourth-order valence-corrected chi connectivity index (χ4v) is 2.07. The van der Waals surface area contributed by atoms with Crippen molar-refractivity contribution in [1.29, 1.82) is 0 Å². The van der Waals surface area contributed by atoms with Gasteiger partial charge in [-0.1, -0.05) is 29.3 Å². The van der Waals surface area contributed by atoms with Crippen molar-refractivity contribution in [3.05, 3.63) is 52.5 Å². The summed E-state index contributed by atoms with van der Waals surface area (Å²) < 4.78 is 10.4. The molecule has 7 heteroatoms. The molecule has 0 spiro atoms. The number of nitrogens with one attached hydrogen (secondary N) is 2. The Labute approximate surface area is 144 Å². The van der Waals surface area contributed by atoms with Crippen molar-refractivity contribution >= 4 is 40.6 Å². The van der Waals surface area contributed by atoms with Gasteiger partial charge in [-0.25, -0.2) is 4.79 Å². The first-order chi connectivity index (χ1) is 11.1. The molecule has 2 rings (SSSR count). The third-order valence-electron chi connectivity index (χ3n) is 2.83. The minimum absolute atomic E-state index is 0.373. The van der Waals surface area contributed by atoms with Crippen LogP contribution in [0.25, 0.3) is 0 Å². The Morgan fingerprint density at radius 3 is 2.43 bits per heavy atom. The lowest BCUT2D eigenvalue weighted by atomic mass is 10.3. The highest BCUT2D eigenvalue weighted by Crippen LogP contribution is 2.25. The van der Waals surface area contributed by atoms with Gasteiger partial charge in [0.25, 0.3) is 0 Å². The van der Waals surface area contributed by atoms with Gasteiger partial charge in [-0.15, -0.1) is 0 Å². The highest BCUT2D eigenvalue weighted by Gasteiger charge is 2.05. The summed E-state index contributed by atoms with van der Waals surface area (Å²) in [5.41, 5.74) is 1.15. The maximum absolute atomic E-state index is 12.0. The first kappa shape index (κ1) is 17.4. The predicted molar refractivity (Wildman–Crippen MR) is 92.9 cm³/mol. The summed E-state index contributed by atoms with van der Waals surface area (Å²) in [6.07, 6.45) is 0. The lowest BCUT2D eigenvalue weighted by molar-refractivity contribution is 0.146. The van der Waals surface area contributed by atoms with Gasteiger partial charge >= 0.3 is 6.03 Å². The van der Waals surface area contributed by atoms with Crippen molar-refractivity contribution in [1.82, 2.24) is 0 Å². The molecule has 0 bridgehead atoms. The second kappa shape index (κ2) is 8.62. The largest absolute Gasteiger partial charge is 0.491 e. The number of rotatable bonds is 6. The standard InChI is InChI=1S/C16H16Cl2N2O3/c1-22-7-8-23-13-4-2-3-11(9-13)19-16(21)20-12-5-6-14(17)15(18)10-12/h2-6,9-10H,7-8H2,1H3,(H2,19,20,21). The molecule has 2 aromatic rings.